The molecule has 19 heavy (non-hydrogen) atoms. The van der Waals surface area contributed by atoms with E-state index in [1.807, 2.05) is 0 Å². The highest BCUT2D eigenvalue weighted by atomic mass is 16.5. The van der Waals surface area contributed by atoms with Crippen LogP contribution in [-0.4, -0.2) is 61.6 Å². The summed E-state index contributed by atoms with van der Waals surface area (Å²) in [5.41, 5.74) is 0. The molecule has 2 heterocycles. The minimum atomic E-state index is 0.360. The topological polar surface area (TPSA) is 32.8 Å². The molecule has 1 atom stereocenters. The third-order valence-electron chi connectivity index (χ3n) is 4.91. The van der Waals surface area contributed by atoms with Crippen molar-refractivity contribution in [3.63, 3.8) is 0 Å². The summed E-state index contributed by atoms with van der Waals surface area (Å²) < 4.78 is 5.55. The first-order valence-electron chi connectivity index (χ1n) is 7.92. The summed E-state index contributed by atoms with van der Waals surface area (Å²) in [6.45, 7) is 7.00. The van der Waals surface area contributed by atoms with Gasteiger partial charge in [0, 0.05) is 45.2 Å². The van der Waals surface area contributed by atoms with Gasteiger partial charge < -0.3 is 9.64 Å². The minimum Gasteiger partial charge on any atom is -0.381 e. The average molecular weight is 266 g/mol. The maximum atomic E-state index is 12.2. The van der Waals surface area contributed by atoms with Crippen molar-refractivity contribution in [3.05, 3.63) is 0 Å². The number of hydrogen-bond acceptors (Lipinski definition) is 3. The highest BCUT2D eigenvalue weighted by Crippen LogP contribution is 2.28. The van der Waals surface area contributed by atoms with Gasteiger partial charge in [-0.05, 0) is 31.6 Å². The molecule has 3 fully saturated rings. The van der Waals surface area contributed by atoms with E-state index >= 15 is 0 Å². The molecular weight excluding hydrogens is 240 g/mol. The van der Waals surface area contributed by atoms with Crippen molar-refractivity contribution in [2.45, 2.75) is 32.1 Å². The SMILES string of the molecule is O=C(C1CCC1)N1CCN(C[C@@H]2CCCOC2)CC1. The smallest absolute Gasteiger partial charge is 0.225 e. The van der Waals surface area contributed by atoms with E-state index in [4.69, 9.17) is 4.74 Å². The summed E-state index contributed by atoms with van der Waals surface area (Å²) in [6.07, 6.45) is 6.01. The number of rotatable bonds is 3. The Kier molecular flexibility index (Phi) is 4.38. The van der Waals surface area contributed by atoms with Gasteiger partial charge in [-0.25, -0.2) is 0 Å². The Labute approximate surface area is 116 Å². The zero-order valence-electron chi connectivity index (χ0n) is 11.9. The van der Waals surface area contributed by atoms with E-state index in [-0.39, 0.29) is 0 Å². The van der Waals surface area contributed by atoms with Crippen LogP contribution in [0.15, 0.2) is 0 Å². The molecule has 1 aliphatic carbocycles. The molecule has 4 nitrogen and oxygen atoms in total. The maximum Gasteiger partial charge on any atom is 0.225 e. The summed E-state index contributed by atoms with van der Waals surface area (Å²) in [4.78, 5) is 16.8. The average Bonchev–Trinajstić information content (AvgIpc) is 2.39. The molecule has 0 radical (unpaired) electrons. The highest BCUT2D eigenvalue weighted by molar-refractivity contribution is 5.79. The van der Waals surface area contributed by atoms with Crippen molar-refractivity contribution in [2.24, 2.45) is 11.8 Å². The fourth-order valence-corrected chi connectivity index (χ4v) is 3.38. The molecule has 0 unspecified atom stereocenters. The summed E-state index contributed by atoms with van der Waals surface area (Å²) in [7, 11) is 0. The lowest BCUT2D eigenvalue weighted by Gasteiger charge is -2.39. The number of piperazine rings is 1. The number of ether oxygens (including phenoxy) is 1. The molecule has 3 rings (SSSR count). The van der Waals surface area contributed by atoms with Gasteiger partial charge in [0.05, 0.1) is 6.61 Å². The summed E-state index contributed by atoms with van der Waals surface area (Å²) in [5, 5.41) is 0. The van der Waals surface area contributed by atoms with Gasteiger partial charge >= 0.3 is 0 Å². The molecule has 2 saturated heterocycles. The number of hydrogen-bond donors (Lipinski definition) is 0. The molecule has 4 heteroatoms. The van der Waals surface area contributed by atoms with Crippen LogP contribution in [0.1, 0.15) is 32.1 Å². The van der Waals surface area contributed by atoms with Crippen LogP contribution in [0.25, 0.3) is 0 Å². The van der Waals surface area contributed by atoms with Gasteiger partial charge in [-0.15, -0.1) is 0 Å². The van der Waals surface area contributed by atoms with E-state index in [1.54, 1.807) is 0 Å². The second-order valence-electron chi connectivity index (χ2n) is 6.34. The van der Waals surface area contributed by atoms with Crippen LogP contribution in [0, 0.1) is 11.8 Å². The van der Waals surface area contributed by atoms with Crippen molar-refractivity contribution in [1.29, 1.82) is 0 Å². The largest absolute Gasteiger partial charge is 0.381 e. The zero-order valence-corrected chi connectivity index (χ0v) is 11.9. The quantitative estimate of drug-likeness (QED) is 0.773. The van der Waals surface area contributed by atoms with Gasteiger partial charge in [-0.2, -0.15) is 0 Å². The number of carbonyl (C=O) groups excluding carboxylic acids is 1. The maximum absolute atomic E-state index is 12.2. The molecule has 3 aliphatic rings. The predicted molar refractivity (Wildman–Crippen MR) is 73.9 cm³/mol. The first-order chi connectivity index (χ1) is 9.33. The Morgan fingerprint density at radius 3 is 2.42 bits per heavy atom. The van der Waals surface area contributed by atoms with Gasteiger partial charge in [0.25, 0.3) is 0 Å². The second kappa shape index (κ2) is 6.23. The van der Waals surface area contributed by atoms with Crippen LogP contribution >= 0.6 is 0 Å². The second-order valence-corrected chi connectivity index (χ2v) is 6.34. The molecular formula is C15H26N2O2. The predicted octanol–water partition coefficient (Wildman–Crippen LogP) is 1.36. The number of carbonyl (C=O) groups is 1. The van der Waals surface area contributed by atoms with Gasteiger partial charge in [0.15, 0.2) is 0 Å². The Balaban J connectivity index is 1.40. The van der Waals surface area contributed by atoms with Crippen molar-refractivity contribution in [2.75, 3.05) is 45.9 Å². The molecule has 108 valence electrons. The molecule has 0 aromatic rings. The van der Waals surface area contributed by atoms with Crippen molar-refractivity contribution in [3.8, 4) is 0 Å². The molecule has 0 bridgehead atoms. The van der Waals surface area contributed by atoms with Crippen molar-refractivity contribution < 1.29 is 9.53 Å². The van der Waals surface area contributed by atoms with Crippen molar-refractivity contribution >= 4 is 5.91 Å². The lowest BCUT2D eigenvalue weighted by Crippen LogP contribution is -2.52. The molecule has 1 amide bonds. The van der Waals surface area contributed by atoms with Crippen molar-refractivity contribution in [1.82, 2.24) is 9.80 Å². The van der Waals surface area contributed by atoms with Crippen LogP contribution in [0.4, 0.5) is 0 Å². The van der Waals surface area contributed by atoms with Gasteiger partial charge in [0.1, 0.15) is 0 Å². The third-order valence-corrected chi connectivity index (χ3v) is 4.91. The van der Waals surface area contributed by atoms with E-state index in [2.05, 4.69) is 9.80 Å². The van der Waals surface area contributed by atoms with E-state index in [1.165, 1.54) is 19.3 Å². The monoisotopic (exact) mass is 266 g/mol. The molecule has 0 aromatic carbocycles. The molecule has 1 saturated carbocycles. The van der Waals surface area contributed by atoms with Gasteiger partial charge in [-0.1, -0.05) is 6.42 Å². The van der Waals surface area contributed by atoms with E-state index in [9.17, 15) is 4.79 Å². The van der Waals surface area contributed by atoms with Crippen LogP contribution in [0.3, 0.4) is 0 Å². The highest BCUT2D eigenvalue weighted by Gasteiger charge is 2.31. The first kappa shape index (κ1) is 13.4. The normalized spacial score (nSPS) is 30.1. The molecule has 0 N–H and O–H groups in total. The summed E-state index contributed by atoms with van der Waals surface area (Å²) in [5.74, 6) is 1.49. The lowest BCUT2D eigenvalue weighted by molar-refractivity contribution is -0.140. The van der Waals surface area contributed by atoms with E-state index in [0.29, 0.717) is 17.7 Å². The molecule has 0 spiro atoms. The van der Waals surface area contributed by atoms with E-state index in [0.717, 1.165) is 58.8 Å². The fraction of sp³-hybridized carbons (Fsp3) is 0.933. The zero-order chi connectivity index (χ0) is 13.1. The van der Waals surface area contributed by atoms with Gasteiger partial charge in [0.2, 0.25) is 5.91 Å². The number of amides is 1. The number of nitrogens with zero attached hydrogens (tertiary/aromatic N) is 2. The standard InChI is InChI=1S/C15H26N2O2/c18-15(14-4-1-5-14)17-8-6-16(7-9-17)11-13-3-2-10-19-12-13/h13-14H,1-12H2/t13-/m0/s1. The van der Waals surface area contributed by atoms with Gasteiger partial charge in [-0.3, -0.25) is 9.69 Å². The Morgan fingerprint density at radius 1 is 1.05 bits per heavy atom. The van der Waals surface area contributed by atoms with Crippen LogP contribution in [0.5, 0.6) is 0 Å². The first-order valence-corrected chi connectivity index (χ1v) is 7.92. The summed E-state index contributed by atoms with van der Waals surface area (Å²) >= 11 is 0. The van der Waals surface area contributed by atoms with Crippen LogP contribution in [-0.2, 0) is 9.53 Å². The summed E-state index contributed by atoms with van der Waals surface area (Å²) in [6, 6.07) is 0. The Morgan fingerprint density at radius 2 is 1.84 bits per heavy atom. The van der Waals surface area contributed by atoms with E-state index < -0.39 is 0 Å². The lowest BCUT2D eigenvalue weighted by atomic mass is 9.84. The molecule has 0 aromatic heterocycles. The fourth-order valence-electron chi connectivity index (χ4n) is 3.38. The molecule has 2 aliphatic heterocycles. The van der Waals surface area contributed by atoms with Crippen LogP contribution < -0.4 is 0 Å². The third kappa shape index (κ3) is 3.29. The minimum absolute atomic E-state index is 0.360. The Hall–Kier alpha value is -0.610. The van der Waals surface area contributed by atoms with Crippen LogP contribution in [0.2, 0.25) is 0 Å². The Bertz CT molecular complexity index is 303.